The highest BCUT2D eigenvalue weighted by Gasteiger charge is 2.27. The SMILES string of the molecule is NC(=O)OC(Cc1ccccn1)C(=O)NC(Cc1ccc([N+](=O)[O-])cc1)c1csc(-c2cccs2)n1. The van der Waals surface area contributed by atoms with Gasteiger partial charge in [-0.1, -0.05) is 24.3 Å². The molecule has 4 aromatic rings. The molecular weight excluding hydrogens is 502 g/mol. The van der Waals surface area contributed by atoms with Crippen LogP contribution in [0.3, 0.4) is 0 Å². The Bertz CT molecular complexity index is 1330. The van der Waals surface area contributed by atoms with Gasteiger partial charge in [0.1, 0.15) is 5.01 Å². The standard InChI is InChI=1S/C24H21N5O5S2/c25-24(31)34-20(13-16-4-1-2-10-26-16)22(30)27-18(12-15-6-8-17(9-7-15)29(32)33)19-14-36-23(28-19)21-5-3-11-35-21/h1-11,14,18,20H,12-13H2,(H2,25,31)(H,27,30). The lowest BCUT2D eigenvalue weighted by Gasteiger charge is -2.21. The number of amides is 2. The van der Waals surface area contributed by atoms with E-state index in [1.54, 1.807) is 47.9 Å². The Kier molecular flexibility index (Phi) is 7.98. The van der Waals surface area contributed by atoms with E-state index >= 15 is 0 Å². The summed E-state index contributed by atoms with van der Waals surface area (Å²) < 4.78 is 5.10. The van der Waals surface area contributed by atoms with E-state index in [9.17, 15) is 19.7 Å². The van der Waals surface area contributed by atoms with Gasteiger partial charge in [-0.05, 0) is 35.6 Å². The van der Waals surface area contributed by atoms with Crippen LogP contribution in [0.2, 0.25) is 0 Å². The Morgan fingerprint density at radius 2 is 1.89 bits per heavy atom. The number of nitrogens with zero attached hydrogens (tertiary/aromatic N) is 3. The number of benzene rings is 1. The number of thiazole rings is 1. The number of pyridine rings is 1. The Morgan fingerprint density at radius 1 is 1.08 bits per heavy atom. The number of nitrogens with one attached hydrogen (secondary N) is 1. The van der Waals surface area contributed by atoms with Crippen molar-refractivity contribution in [3.8, 4) is 9.88 Å². The zero-order valence-corrected chi connectivity index (χ0v) is 20.4. The van der Waals surface area contributed by atoms with E-state index in [0.717, 1.165) is 15.4 Å². The minimum Gasteiger partial charge on any atom is -0.436 e. The maximum Gasteiger partial charge on any atom is 0.405 e. The van der Waals surface area contributed by atoms with Crippen molar-refractivity contribution in [2.24, 2.45) is 5.73 Å². The molecule has 0 fully saturated rings. The Morgan fingerprint density at radius 3 is 2.53 bits per heavy atom. The van der Waals surface area contributed by atoms with Gasteiger partial charge >= 0.3 is 6.09 Å². The molecule has 0 saturated heterocycles. The summed E-state index contributed by atoms with van der Waals surface area (Å²) in [5, 5.41) is 18.5. The van der Waals surface area contributed by atoms with Crippen LogP contribution in [0.25, 0.3) is 9.88 Å². The fourth-order valence-electron chi connectivity index (χ4n) is 3.48. The second kappa shape index (κ2) is 11.5. The summed E-state index contributed by atoms with van der Waals surface area (Å²) >= 11 is 3.00. The molecule has 4 rings (SSSR count). The number of nitro groups is 1. The Balaban J connectivity index is 1.59. The molecule has 3 aromatic heterocycles. The largest absolute Gasteiger partial charge is 0.436 e. The second-order valence-corrected chi connectivity index (χ2v) is 9.50. The van der Waals surface area contributed by atoms with Gasteiger partial charge in [-0.15, -0.1) is 22.7 Å². The number of nitrogens with two attached hydrogens (primary N) is 1. The van der Waals surface area contributed by atoms with Gasteiger partial charge in [0.15, 0.2) is 6.10 Å². The third-order valence-electron chi connectivity index (χ3n) is 5.19. The van der Waals surface area contributed by atoms with E-state index in [2.05, 4.69) is 10.3 Å². The van der Waals surface area contributed by atoms with Crippen LogP contribution in [-0.2, 0) is 22.4 Å². The molecule has 10 nitrogen and oxygen atoms in total. The van der Waals surface area contributed by atoms with Gasteiger partial charge < -0.3 is 15.8 Å². The van der Waals surface area contributed by atoms with Gasteiger partial charge in [0, 0.05) is 35.8 Å². The number of non-ortho nitro benzene ring substituents is 1. The third kappa shape index (κ3) is 6.49. The lowest BCUT2D eigenvalue weighted by Crippen LogP contribution is -2.42. The quantitative estimate of drug-likeness (QED) is 0.233. The van der Waals surface area contributed by atoms with E-state index in [-0.39, 0.29) is 12.1 Å². The Hall–Kier alpha value is -4.16. The van der Waals surface area contributed by atoms with Crippen molar-refractivity contribution in [3.63, 3.8) is 0 Å². The molecule has 0 saturated carbocycles. The number of nitro benzene ring substituents is 1. The van der Waals surface area contributed by atoms with Crippen LogP contribution >= 0.6 is 22.7 Å². The van der Waals surface area contributed by atoms with Crippen molar-refractivity contribution in [1.29, 1.82) is 0 Å². The molecule has 3 N–H and O–H groups in total. The van der Waals surface area contributed by atoms with E-state index in [4.69, 9.17) is 15.5 Å². The number of carbonyl (C=O) groups is 2. The molecule has 0 aliphatic rings. The molecule has 2 unspecified atom stereocenters. The monoisotopic (exact) mass is 523 g/mol. The lowest BCUT2D eigenvalue weighted by atomic mass is 10.0. The number of rotatable bonds is 10. The highest BCUT2D eigenvalue weighted by molar-refractivity contribution is 7.20. The third-order valence-corrected chi connectivity index (χ3v) is 7.09. The first kappa shape index (κ1) is 24.9. The second-order valence-electron chi connectivity index (χ2n) is 7.69. The molecule has 36 heavy (non-hydrogen) atoms. The maximum absolute atomic E-state index is 13.3. The molecule has 184 valence electrons. The molecule has 0 aliphatic heterocycles. The lowest BCUT2D eigenvalue weighted by molar-refractivity contribution is -0.384. The summed E-state index contributed by atoms with van der Waals surface area (Å²) in [6, 6.07) is 14.6. The van der Waals surface area contributed by atoms with Crippen molar-refractivity contribution in [2.45, 2.75) is 25.0 Å². The zero-order chi connectivity index (χ0) is 25.5. The highest BCUT2D eigenvalue weighted by atomic mass is 32.1. The van der Waals surface area contributed by atoms with Gasteiger partial charge in [-0.25, -0.2) is 9.78 Å². The van der Waals surface area contributed by atoms with Crippen LogP contribution in [0.1, 0.15) is 23.0 Å². The van der Waals surface area contributed by atoms with Gasteiger partial charge in [0.05, 0.1) is 21.5 Å². The molecule has 0 aliphatic carbocycles. The maximum atomic E-state index is 13.3. The fourth-order valence-corrected chi connectivity index (χ4v) is 5.17. The molecule has 0 spiro atoms. The van der Waals surface area contributed by atoms with Crippen molar-refractivity contribution in [2.75, 3.05) is 0 Å². The molecule has 12 heteroatoms. The summed E-state index contributed by atoms with van der Waals surface area (Å²) in [4.78, 5) is 45.2. The van der Waals surface area contributed by atoms with E-state index in [1.165, 1.54) is 23.5 Å². The van der Waals surface area contributed by atoms with Crippen LogP contribution in [-0.4, -0.2) is 33.0 Å². The van der Waals surface area contributed by atoms with Crippen molar-refractivity contribution in [3.05, 3.63) is 98.6 Å². The minimum atomic E-state index is -1.20. The Labute approximate surface area is 213 Å². The average Bonchev–Trinajstić information content (AvgIpc) is 3.56. The molecule has 0 radical (unpaired) electrons. The summed E-state index contributed by atoms with van der Waals surface area (Å²) in [5.74, 6) is -0.558. The topological polar surface area (TPSA) is 150 Å². The van der Waals surface area contributed by atoms with E-state index < -0.39 is 29.1 Å². The average molecular weight is 524 g/mol. The zero-order valence-electron chi connectivity index (χ0n) is 18.8. The van der Waals surface area contributed by atoms with Crippen molar-refractivity contribution in [1.82, 2.24) is 15.3 Å². The fraction of sp³-hybridized carbons (Fsp3) is 0.167. The van der Waals surface area contributed by atoms with E-state index in [0.29, 0.717) is 17.8 Å². The molecule has 2 atom stereocenters. The molecule has 2 amide bonds. The van der Waals surface area contributed by atoms with Crippen LogP contribution in [0.5, 0.6) is 0 Å². The number of aromatic nitrogens is 2. The predicted molar refractivity (Wildman–Crippen MR) is 136 cm³/mol. The smallest absolute Gasteiger partial charge is 0.405 e. The van der Waals surface area contributed by atoms with E-state index in [1.807, 2.05) is 22.9 Å². The molecule has 0 bridgehead atoms. The number of primary amides is 1. The predicted octanol–water partition coefficient (Wildman–Crippen LogP) is 4.28. The van der Waals surface area contributed by atoms with Gasteiger partial charge in [0.25, 0.3) is 11.6 Å². The van der Waals surface area contributed by atoms with Crippen LogP contribution in [0.15, 0.2) is 71.6 Å². The first-order valence-corrected chi connectivity index (χ1v) is 12.5. The minimum absolute atomic E-state index is 0.0294. The van der Waals surface area contributed by atoms with Crippen LogP contribution in [0, 0.1) is 10.1 Å². The van der Waals surface area contributed by atoms with Gasteiger partial charge in [0.2, 0.25) is 0 Å². The summed E-state index contributed by atoms with van der Waals surface area (Å²) in [5.41, 5.74) is 7.12. The highest BCUT2D eigenvalue weighted by Crippen LogP contribution is 2.31. The normalized spacial score (nSPS) is 12.4. The number of thiophene rings is 1. The number of ether oxygens (including phenoxy) is 1. The van der Waals surface area contributed by atoms with Crippen molar-refractivity contribution >= 4 is 40.4 Å². The summed E-state index contributed by atoms with van der Waals surface area (Å²) in [7, 11) is 0. The molecule has 1 aromatic carbocycles. The van der Waals surface area contributed by atoms with Gasteiger partial charge in [-0.3, -0.25) is 19.9 Å². The molecule has 3 heterocycles. The van der Waals surface area contributed by atoms with Crippen LogP contribution < -0.4 is 11.1 Å². The molecular formula is C24H21N5O5S2. The first-order valence-electron chi connectivity index (χ1n) is 10.8. The number of carbonyl (C=O) groups excluding carboxylic acids is 2. The number of hydrogen-bond donors (Lipinski definition) is 2. The number of hydrogen-bond acceptors (Lipinski definition) is 9. The van der Waals surface area contributed by atoms with Crippen molar-refractivity contribution < 1.29 is 19.2 Å². The van der Waals surface area contributed by atoms with Crippen LogP contribution in [0.4, 0.5) is 10.5 Å². The first-order chi connectivity index (χ1) is 17.4. The summed E-state index contributed by atoms with van der Waals surface area (Å²) in [6.45, 7) is 0. The summed E-state index contributed by atoms with van der Waals surface area (Å²) in [6.07, 6.45) is -0.353. The van der Waals surface area contributed by atoms with Gasteiger partial charge in [-0.2, -0.15) is 0 Å².